The molecule has 3 aromatic carbocycles. The molecule has 0 aromatic heterocycles. The van der Waals surface area contributed by atoms with Gasteiger partial charge in [-0.25, -0.2) is 5.43 Å². The highest BCUT2D eigenvalue weighted by Gasteiger charge is 2.14. The molecule has 0 aliphatic rings. The monoisotopic (exact) mass is 332 g/mol. The van der Waals surface area contributed by atoms with Crippen LogP contribution in [0, 0.1) is 6.92 Å². The number of aryl methyl sites for hydroxylation is 1. The lowest BCUT2D eigenvalue weighted by Gasteiger charge is -2.13. The third kappa shape index (κ3) is 4.44. The quantitative estimate of drug-likeness (QED) is 0.566. The van der Waals surface area contributed by atoms with E-state index in [-0.39, 0.29) is 5.91 Å². The van der Waals surface area contributed by atoms with Gasteiger partial charge in [-0.15, -0.1) is 0 Å². The first-order valence-electron chi connectivity index (χ1n) is 8.17. The molecule has 3 rings (SSSR count). The molecule has 4 nitrogen and oxygen atoms in total. The second kappa shape index (κ2) is 7.62. The zero-order valence-electron chi connectivity index (χ0n) is 14.3. The Hall–Kier alpha value is -3.14. The van der Waals surface area contributed by atoms with Crippen LogP contribution in [0.5, 0.6) is 5.75 Å². The second-order valence-electron chi connectivity index (χ2n) is 5.91. The lowest BCUT2D eigenvalue weighted by molar-refractivity contribution is -0.127. The molecule has 1 amide bonds. The molecule has 1 atom stereocenters. The summed E-state index contributed by atoms with van der Waals surface area (Å²) in [6.07, 6.45) is 0.969. The maximum Gasteiger partial charge on any atom is 0.280 e. The molecular formula is C21H20N2O2. The van der Waals surface area contributed by atoms with Crippen molar-refractivity contribution in [1.82, 2.24) is 5.43 Å². The summed E-state index contributed by atoms with van der Waals surface area (Å²) in [6.45, 7) is 3.72. The van der Waals surface area contributed by atoms with Crippen LogP contribution in [-0.2, 0) is 4.79 Å². The Morgan fingerprint density at radius 2 is 1.76 bits per heavy atom. The summed E-state index contributed by atoms with van der Waals surface area (Å²) in [7, 11) is 0. The van der Waals surface area contributed by atoms with Gasteiger partial charge in [0.15, 0.2) is 6.10 Å². The number of amides is 1. The average molecular weight is 332 g/mol. The smallest absolute Gasteiger partial charge is 0.280 e. The van der Waals surface area contributed by atoms with Crippen molar-refractivity contribution in [1.29, 1.82) is 0 Å². The van der Waals surface area contributed by atoms with Gasteiger partial charge in [-0.05, 0) is 42.3 Å². The molecule has 0 spiro atoms. The van der Waals surface area contributed by atoms with E-state index in [2.05, 4.69) is 10.5 Å². The van der Waals surface area contributed by atoms with Crippen LogP contribution in [-0.4, -0.2) is 18.2 Å². The number of nitrogens with one attached hydrogen (secondary N) is 1. The number of hydrogen-bond acceptors (Lipinski definition) is 3. The van der Waals surface area contributed by atoms with Gasteiger partial charge in [0.25, 0.3) is 5.91 Å². The second-order valence-corrected chi connectivity index (χ2v) is 5.91. The molecule has 0 fully saturated rings. The number of hydrogen-bond donors (Lipinski definition) is 1. The first-order chi connectivity index (χ1) is 12.1. The Morgan fingerprint density at radius 3 is 2.52 bits per heavy atom. The number of carbonyl (C=O) groups excluding carboxylic acids is 1. The summed E-state index contributed by atoms with van der Waals surface area (Å²) in [5, 5.41) is 6.19. The van der Waals surface area contributed by atoms with Crippen molar-refractivity contribution < 1.29 is 9.53 Å². The topological polar surface area (TPSA) is 50.7 Å². The van der Waals surface area contributed by atoms with Gasteiger partial charge in [0.05, 0.1) is 6.21 Å². The van der Waals surface area contributed by atoms with Gasteiger partial charge in [0, 0.05) is 0 Å². The largest absolute Gasteiger partial charge is 0.481 e. The van der Waals surface area contributed by atoms with Crippen LogP contribution in [0.4, 0.5) is 0 Å². The predicted octanol–water partition coefficient (Wildman–Crippen LogP) is 4.07. The van der Waals surface area contributed by atoms with Crippen molar-refractivity contribution in [3.05, 3.63) is 77.9 Å². The summed E-state index contributed by atoms with van der Waals surface area (Å²) in [5.74, 6) is 0.361. The SMILES string of the molecule is Cc1ccc(/C=N/NC(=O)C(C)Oc2ccc3ccccc3c2)cc1. The van der Waals surface area contributed by atoms with Gasteiger partial charge in [-0.1, -0.05) is 60.2 Å². The van der Waals surface area contributed by atoms with E-state index < -0.39 is 6.10 Å². The third-order valence-corrected chi connectivity index (χ3v) is 3.87. The van der Waals surface area contributed by atoms with Crippen LogP contribution in [0.1, 0.15) is 18.1 Å². The van der Waals surface area contributed by atoms with Crippen molar-refractivity contribution in [2.75, 3.05) is 0 Å². The van der Waals surface area contributed by atoms with Crippen LogP contribution in [0.3, 0.4) is 0 Å². The fourth-order valence-corrected chi connectivity index (χ4v) is 2.41. The lowest BCUT2D eigenvalue weighted by atomic mass is 10.1. The highest BCUT2D eigenvalue weighted by molar-refractivity contribution is 5.85. The number of carbonyl (C=O) groups is 1. The van der Waals surface area contributed by atoms with E-state index in [9.17, 15) is 4.79 Å². The Bertz CT molecular complexity index is 901. The van der Waals surface area contributed by atoms with Gasteiger partial charge in [0.2, 0.25) is 0 Å². The van der Waals surface area contributed by atoms with Crippen molar-refractivity contribution in [3.63, 3.8) is 0 Å². The van der Waals surface area contributed by atoms with Gasteiger partial charge in [-0.3, -0.25) is 4.79 Å². The Labute approximate surface area is 147 Å². The molecule has 0 radical (unpaired) electrons. The minimum absolute atomic E-state index is 0.295. The number of fused-ring (bicyclic) bond motifs is 1. The van der Waals surface area contributed by atoms with Crippen molar-refractivity contribution >= 4 is 22.9 Å². The summed E-state index contributed by atoms with van der Waals surface area (Å²) >= 11 is 0. The molecule has 0 aliphatic heterocycles. The number of nitrogens with zero attached hydrogens (tertiary/aromatic N) is 1. The first-order valence-corrected chi connectivity index (χ1v) is 8.17. The van der Waals surface area contributed by atoms with Crippen molar-refractivity contribution in [2.24, 2.45) is 5.10 Å². The summed E-state index contributed by atoms with van der Waals surface area (Å²) < 4.78 is 5.72. The molecule has 0 saturated carbocycles. The molecule has 25 heavy (non-hydrogen) atoms. The molecule has 4 heteroatoms. The molecule has 0 bridgehead atoms. The van der Waals surface area contributed by atoms with Crippen molar-refractivity contribution in [2.45, 2.75) is 20.0 Å². The van der Waals surface area contributed by atoms with E-state index in [4.69, 9.17) is 4.74 Å². The van der Waals surface area contributed by atoms with E-state index in [0.717, 1.165) is 16.3 Å². The average Bonchev–Trinajstić information content (AvgIpc) is 2.63. The lowest BCUT2D eigenvalue weighted by Crippen LogP contribution is -2.33. The first kappa shape index (κ1) is 16.7. The van der Waals surface area contributed by atoms with Crippen LogP contribution < -0.4 is 10.2 Å². The molecule has 0 aliphatic carbocycles. The maximum absolute atomic E-state index is 12.1. The Balaban J connectivity index is 1.58. The van der Waals surface area contributed by atoms with Crippen LogP contribution in [0.2, 0.25) is 0 Å². The van der Waals surface area contributed by atoms with Crippen molar-refractivity contribution in [3.8, 4) is 5.75 Å². The molecule has 1 N–H and O–H groups in total. The molecule has 1 unspecified atom stereocenters. The molecule has 3 aromatic rings. The summed E-state index contributed by atoms with van der Waals surface area (Å²) in [4.78, 5) is 12.1. The number of benzene rings is 3. The fourth-order valence-electron chi connectivity index (χ4n) is 2.41. The van der Waals surface area contributed by atoms with E-state index in [0.29, 0.717) is 5.75 Å². The fraction of sp³-hybridized carbons (Fsp3) is 0.143. The number of hydrazone groups is 1. The van der Waals surface area contributed by atoms with Crippen LogP contribution in [0.25, 0.3) is 10.8 Å². The minimum atomic E-state index is -0.642. The van der Waals surface area contributed by atoms with Gasteiger partial charge in [-0.2, -0.15) is 5.10 Å². The summed E-state index contributed by atoms with van der Waals surface area (Å²) in [6, 6.07) is 21.7. The molecule has 126 valence electrons. The van der Waals surface area contributed by atoms with Gasteiger partial charge < -0.3 is 4.74 Å². The number of rotatable bonds is 5. The third-order valence-electron chi connectivity index (χ3n) is 3.87. The normalized spacial score (nSPS) is 12.2. The van der Waals surface area contributed by atoms with E-state index >= 15 is 0 Å². The predicted molar refractivity (Wildman–Crippen MR) is 101 cm³/mol. The highest BCUT2D eigenvalue weighted by atomic mass is 16.5. The molecular weight excluding hydrogens is 312 g/mol. The Kier molecular flexibility index (Phi) is 5.09. The minimum Gasteiger partial charge on any atom is -0.481 e. The van der Waals surface area contributed by atoms with E-state index in [1.807, 2.05) is 73.7 Å². The molecule has 0 saturated heterocycles. The highest BCUT2D eigenvalue weighted by Crippen LogP contribution is 2.21. The van der Waals surface area contributed by atoms with E-state index in [1.54, 1.807) is 13.1 Å². The Morgan fingerprint density at radius 1 is 1.04 bits per heavy atom. The van der Waals surface area contributed by atoms with E-state index in [1.165, 1.54) is 5.56 Å². The zero-order chi connectivity index (χ0) is 17.6. The zero-order valence-corrected chi connectivity index (χ0v) is 14.3. The number of ether oxygens (including phenoxy) is 1. The van der Waals surface area contributed by atoms with Gasteiger partial charge >= 0.3 is 0 Å². The van der Waals surface area contributed by atoms with Crippen LogP contribution >= 0.6 is 0 Å². The molecule has 0 heterocycles. The maximum atomic E-state index is 12.1. The standard InChI is InChI=1S/C21H20N2O2/c1-15-7-9-17(10-8-15)14-22-23-21(24)16(2)25-20-12-11-18-5-3-4-6-19(18)13-20/h3-14,16H,1-2H3,(H,23,24)/b22-14+. The van der Waals surface area contributed by atoms with Gasteiger partial charge in [0.1, 0.15) is 5.75 Å². The summed E-state index contributed by atoms with van der Waals surface area (Å²) in [5.41, 5.74) is 4.61. The van der Waals surface area contributed by atoms with Crippen LogP contribution in [0.15, 0.2) is 71.8 Å².